The summed E-state index contributed by atoms with van der Waals surface area (Å²) in [6.07, 6.45) is -1.66. The highest BCUT2D eigenvalue weighted by Crippen LogP contribution is 2.36. The molecule has 2 aromatic carbocycles. The first-order valence-corrected chi connectivity index (χ1v) is 10.1. The second-order valence-corrected chi connectivity index (χ2v) is 7.66. The number of halogens is 3. The molecule has 7 heteroatoms. The number of benzene rings is 2. The lowest BCUT2D eigenvalue weighted by molar-refractivity contribution is -0.137. The molecule has 0 spiro atoms. The van der Waals surface area contributed by atoms with Crippen molar-refractivity contribution in [1.29, 1.82) is 0 Å². The predicted octanol–water partition coefficient (Wildman–Crippen LogP) is 4.77. The van der Waals surface area contributed by atoms with E-state index in [0.717, 1.165) is 29.1 Å². The van der Waals surface area contributed by atoms with Gasteiger partial charge in [0.25, 0.3) is 0 Å². The van der Waals surface area contributed by atoms with Crippen LogP contribution >= 0.6 is 0 Å². The zero-order valence-electron chi connectivity index (χ0n) is 16.8. The third kappa shape index (κ3) is 5.05. The van der Waals surface area contributed by atoms with Gasteiger partial charge in [0.05, 0.1) is 23.4 Å². The molecule has 31 heavy (non-hydrogen) atoms. The molecule has 0 saturated carbocycles. The molecule has 0 aliphatic carbocycles. The Morgan fingerprint density at radius 2 is 1.77 bits per heavy atom. The zero-order valence-corrected chi connectivity index (χ0v) is 16.8. The Labute approximate surface area is 178 Å². The number of hydrogen-bond donors (Lipinski definition) is 1. The van der Waals surface area contributed by atoms with Crippen molar-refractivity contribution in [2.75, 3.05) is 18.0 Å². The third-order valence-electron chi connectivity index (χ3n) is 5.38. The number of rotatable bonds is 5. The maximum absolute atomic E-state index is 12.9. The number of carbonyl (C=O) groups excluding carboxylic acids is 1. The number of aromatic nitrogens is 1. The fourth-order valence-corrected chi connectivity index (χ4v) is 3.84. The van der Waals surface area contributed by atoms with Gasteiger partial charge < -0.3 is 10.2 Å². The number of carbonyl (C=O) groups is 1. The van der Waals surface area contributed by atoms with Crippen LogP contribution in [0.1, 0.15) is 16.8 Å². The molecule has 2 heterocycles. The Kier molecular flexibility index (Phi) is 5.93. The summed E-state index contributed by atoms with van der Waals surface area (Å²) >= 11 is 0. The van der Waals surface area contributed by atoms with Crippen LogP contribution in [0.5, 0.6) is 0 Å². The molecule has 1 aromatic heterocycles. The highest BCUT2D eigenvalue weighted by molar-refractivity contribution is 5.78. The molecule has 1 amide bonds. The zero-order chi connectivity index (χ0) is 21.8. The van der Waals surface area contributed by atoms with E-state index in [2.05, 4.69) is 10.3 Å². The van der Waals surface area contributed by atoms with Crippen LogP contribution in [0.25, 0.3) is 0 Å². The van der Waals surface area contributed by atoms with Gasteiger partial charge in [-0.3, -0.25) is 9.78 Å². The van der Waals surface area contributed by atoms with E-state index in [-0.39, 0.29) is 11.8 Å². The number of alkyl halides is 3. The van der Waals surface area contributed by atoms with E-state index in [0.29, 0.717) is 31.6 Å². The SMILES string of the molecule is O=C(Cc1ccccc1)NCC1Cc2ncccc2N(c2ccc(C(F)(F)F)cc2)C1. The van der Waals surface area contributed by atoms with Crippen LogP contribution in [-0.2, 0) is 23.8 Å². The minimum absolute atomic E-state index is 0.0564. The van der Waals surface area contributed by atoms with Crippen LogP contribution in [0.15, 0.2) is 72.9 Å². The molecular formula is C24H22F3N3O. The van der Waals surface area contributed by atoms with Crippen LogP contribution in [0.4, 0.5) is 24.5 Å². The minimum Gasteiger partial charge on any atom is -0.355 e. The molecule has 4 nitrogen and oxygen atoms in total. The van der Waals surface area contributed by atoms with E-state index in [9.17, 15) is 18.0 Å². The van der Waals surface area contributed by atoms with Gasteiger partial charge in [-0.2, -0.15) is 13.2 Å². The van der Waals surface area contributed by atoms with Crippen molar-refractivity contribution in [3.05, 3.63) is 89.7 Å². The Hall–Kier alpha value is -3.35. The van der Waals surface area contributed by atoms with Gasteiger partial charge in [-0.05, 0) is 54.3 Å². The van der Waals surface area contributed by atoms with Crippen molar-refractivity contribution in [3.63, 3.8) is 0 Å². The number of nitrogens with zero attached hydrogens (tertiary/aromatic N) is 2. The van der Waals surface area contributed by atoms with Gasteiger partial charge in [-0.25, -0.2) is 0 Å². The van der Waals surface area contributed by atoms with E-state index in [4.69, 9.17) is 0 Å². The minimum atomic E-state index is -4.37. The standard InChI is InChI=1S/C24H22F3N3O/c25-24(26,27)19-8-10-20(11-9-19)30-16-18(13-21-22(30)7-4-12-28-21)15-29-23(31)14-17-5-2-1-3-6-17/h1-12,18H,13-16H2,(H,29,31). The number of nitrogens with one attached hydrogen (secondary N) is 1. The molecule has 1 aliphatic rings. The summed E-state index contributed by atoms with van der Waals surface area (Å²) in [6, 6.07) is 18.4. The molecule has 1 unspecified atom stereocenters. The van der Waals surface area contributed by atoms with Crippen LogP contribution in [0.3, 0.4) is 0 Å². The van der Waals surface area contributed by atoms with Crippen LogP contribution < -0.4 is 10.2 Å². The van der Waals surface area contributed by atoms with Crippen LogP contribution in [0.2, 0.25) is 0 Å². The smallest absolute Gasteiger partial charge is 0.355 e. The average Bonchev–Trinajstić information content (AvgIpc) is 2.77. The normalized spacial score (nSPS) is 16.0. The van der Waals surface area contributed by atoms with Crippen LogP contribution in [-0.4, -0.2) is 24.0 Å². The fourth-order valence-electron chi connectivity index (χ4n) is 3.84. The molecular weight excluding hydrogens is 403 g/mol. The van der Waals surface area contributed by atoms with E-state index in [1.165, 1.54) is 12.1 Å². The van der Waals surface area contributed by atoms with Gasteiger partial charge >= 0.3 is 6.18 Å². The summed E-state index contributed by atoms with van der Waals surface area (Å²) < 4.78 is 38.8. The van der Waals surface area contributed by atoms with E-state index >= 15 is 0 Å². The number of fused-ring (bicyclic) bond motifs is 1. The number of amides is 1. The number of hydrogen-bond acceptors (Lipinski definition) is 3. The molecule has 0 bridgehead atoms. The fraction of sp³-hybridized carbons (Fsp3) is 0.250. The number of pyridine rings is 1. The van der Waals surface area contributed by atoms with Gasteiger partial charge in [0, 0.05) is 25.0 Å². The van der Waals surface area contributed by atoms with Crippen LogP contribution in [0, 0.1) is 5.92 Å². The van der Waals surface area contributed by atoms with Crippen molar-refractivity contribution >= 4 is 17.3 Å². The third-order valence-corrected chi connectivity index (χ3v) is 5.38. The van der Waals surface area contributed by atoms with Crippen molar-refractivity contribution in [3.8, 4) is 0 Å². The summed E-state index contributed by atoms with van der Waals surface area (Å²) in [4.78, 5) is 18.8. The number of anilines is 2. The highest BCUT2D eigenvalue weighted by Gasteiger charge is 2.31. The molecule has 0 saturated heterocycles. The van der Waals surface area contributed by atoms with E-state index in [1.54, 1.807) is 6.20 Å². The predicted molar refractivity (Wildman–Crippen MR) is 113 cm³/mol. The Bertz CT molecular complexity index is 1040. The van der Waals surface area contributed by atoms with Gasteiger partial charge in [0.1, 0.15) is 0 Å². The molecule has 0 radical (unpaired) electrons. The Morgan fingerprint density at radius 1 is 1.03 bits per heavy atom. The monoisotopic (exact) mass is 425 g/mol. The van der Waals surface area contributed by atoms with Crippen molar-refractivity contribution in [1.82, 2.24) is 10.3 Å². The quantitative estimate of drug-likeness (QED) is 0.641. The average molecular weight is 425 g/mol. The van der Waals surface area contributed by atoms with Crippen molar-refractivity contribution in [2.45, 2.75) is 19.0 Å². The Balaban J connectivity index is 1.47. The molecule has 4 rings (SSSR count). The molecule has 0 fully saturated rings. The second kappa shape index (κ2) is 8.79. The second-order valence-electron chi connectivity index (χ2n) is 7.66. The highest BCUT2D eigenvalue weighted by atomic mass is 19.4. The summed E-state index contributed by atoms with van der Waals surface area (Å²) in [5, 5.41) is 2.99. The first kappa shape index (κ1) is 20.9. The van der Waals surface area contributed by atoms with Crippen molar-refractivity contribution < 1.29 is 18.0 Å². The maximum atomic E-state index is 12.9. The molecule has 3 aromatic rings. The van der Waals surface area contributed by atoms with E-state index in [1.807, 2.05) is 47.4 Å². The lowest BCUT2D eigenvalue weighted by Gasteiger charge is -2.35. The summed E-state index contributed by atoms with van der Waals surface area (Å²) in [5.41, 5.74) is 2.69. The molecule has 1 atom stereocenters. The first-order valence-electron chi connectivity index (χ1n) is 10.1. The lowest BCUT2D eigenvalue weighted by atomic mass is 9.95. The summed E-state index contributed by atoms with van der Waals surface area (Å²) in [7, 11) is 0. The van der Waals surface area contributed by atoms with Gasteiger partial charge in [-0.15, -0.1) is 0 Å². The summed E-state index contributed by atoms with van der Waals surface area (Å²) in [5.74, 6) is 0.0310. The largest absolute Gasteiger partial charge is 0.416 e. The Morgan fingerprint density at radius 3 is 2.48 bits per heavy atom. The first-order chi connectivity index (χ1) is 14.9. The summed E-state index contributed by atoms with van der Waals surface area (Å²) in [6.45, 7) is 1.05. The lowest BCUT2D eigenvalue weighted by Crippen LogP contribution is -2.40. The van der Waals surface area contributed by atoms with Gasteiger partial charge in [0.15, 0.2) is 0 Å². The maximum Gasteiger partial charge on any atom is 0.416 e. The van der Waals surface area contributed by atoms with Gasteiger partial charge in [0.2, 0.25) is 5.91 Å². The molecule has 1 N–H and O–H groups in total. The van der Waals surface area contributed by atoms with Crippen molar-refractivity contribution in [2.24, 2.45) is 5.92 Å². The molecule has 1 aliphatic heterocycles. The molecule has 160 valence electrons. The topological polar surface area (TPSA) is 45.2 Å². The van der Waals surface area contributed by atoms with Gasteiger partial charge in [-0.1, -0.05) is 30.3 Å². The van der Waals surface area contributed by atoms with E-state index < -0.39 is 11.7 Å².